The van der Waals surface area contributed by atoms with Crippen molar-refractivity contribution in [2.75, 3.05) is 25.7 Å². The highest BCUT2D eigenvalue weighted by atomic mass is 35.5. The predicted octanol–water partition coefficient (Wildman–Crippen LogP) is 3.67. The van der Waals surface area contributed by atoms with Crippen molar-refractivity contribution in [2.45, 2.75) is 37.4 Å². The number of carbonyl (C=O) groups excluding carboxylic acids is 4. The van der Waals surface area contributed by atoms with E-state index in [2.05, 4.69) is 0 Å². The normalized spacial score (nSPS) is 17.1. The Morgan fingerprint density at radius 3 is 2.32 bits per heavy atom. The lowest BCUT2D eigenvalue weighted by Crippen LogP contribution is -2.32. The topological polar surface area (TPSA) is 90.0 Å². The molecule has 10 heteroatoms. The van der Waals surface area contributed by atoms with E-state index in [0.29, 0.717) is 35.7 Å². The Bertz CT molecular complexity index is 951. The summed E-state index contributed by atoms with van der Waals surface area (Å²) in [6.07, 6.45) is 2.71. The number of hydrogen-bond acceptors (Lipinski definition) is 7. The van der Waals surface area contributed by atoms with Gasteiger partial charge in [0.25, 0.3) is 11.8 Å². The van der Waals surface area contributed by atoms with Crippen LogP contribution in [0.25, 0.3) is 0 Å². The van der Waals surface area contributed by atoms with Gasteiger partial charge in [0, 0.05) is 30.4 Å². The molecule has 0 radical (unpaired) electrons. The molecular weight excluding hydrogens is 449 g/mol. The van der Waals surface area contributed by atoms with Crippen molar-refractivity contribution in [1.29, 1.82) is 0 Å². The SMILES string of the molecule is COCCC(SC(=O)c1cc(N2C(=O)C3=C(CCCC3)C2=O)c(F)cc1Cl)C(=O)OC. The van der Waals surface area contributed by atoms with Gasteiger partial charge in [-0.1, -0.05) is 23.4 Å². The second-order valence-corrected chi connectivity index (χ2v) is 8.67. The second kappa shape index (κ2) is 9.93. The van der Waals surface area contributed by atoms with Crippen LogP contribution in [0.15, 0.2) is 23.3 Å². The molecule has 0 saturated heterocycles. The van der Waals surface area contributed by atoms with Crippen LogP contribution in [0.2, 0.25) is 5.02 Å². The molecule has 1 aliphatic carbocycles. The molecule has 2 aliphatic rings. The fraction of sp³-hybridized carbons (Fsp3) is 0.429. The van der Waals surface area contributed by atoms with Crippen molar-refractivity contribution < 1.29 is 33.0 Å². The zero-order valence-corrected chi connectivity index (χ0v) is 18.6. The average Bonchev–Trinajstić information content (AvgIpc) is 3.01. The quantitative estimate of drug-likeness (QED) is 0.444. The number of nitrogens with zero attached hydrogens (tertiary/aromatic N) is 1. The van der Waals surface area contributed by atoms with E-state index in [9.17, 15) is 23.6 Å². The summed E-state index contributed by atoms with van der Waals surface area (Å²) < 4.78 is 24.4. The maximum atomic E-state index is 14.7. The average molecular weight is 470 g/mol. The molecule has 0 spiro atoms. The molecule has 1 aromatic carbocycles. The van der Waals surface area contributed by atoms with Gasteiger partial charge in [0.05, 0.1) is 17.8 Å². The first-order chi connectivity index (χ1) is 14.8. The van der Waals surface area contributed by atoms with E-state index in [1.807, 2.05) is 0 Å². The van der Waals surface area contributed by atoms with Gasteiger partial charge in [-0.15, -0.1) is 0 Å². The molecule has 7 nitrogen and oxygen atoms in total. The summed E-state index contributed by atoms with van der Waals surface area (Å²) in [6.45, 7) is 0.219. The van der Waals surface area contributed by atoms with Crippen LogP contribution in [0.4, 0.5) is 10.1 Å². The van der Waals surface area contributed by atoms with E-state index in [0.717, 1.165) is 29.9 Å². The maximum Gasteiger partial charge on any atom is 0.319 e. The standard InChI is InChI=1S/C21H21ClFNO6S/c1-29-8-7-17(20(27)30-2)31-21(28)13-9-16(15(23)10-14(13)22)24-18(25)11-5-3-4-6-12(11)19(24)26/h9-10,17H,3-8H2,1-2H3. The summed E-state index contributed by atoms with van der Waals surface area (Å²) in [5, 5.41) is -1.66. The molecule has 3 rings (SSSR count). The highest BCUT2D eigenvalue weighted by Gasteiger charge is 2.41. The van der Waals surface area contributed by atoms with E-state index in [-0.39, 0.29) is 29.3 Å². The van der Waals surface area contributed by atoms with Crippen molar-refractivity contribution in [3.63, 3.8) is 0 Å². The Labute approximate surface area is 187 Å². The van der Waals surface area contributed by atoms with Crippen LogP contribution in [0.5, 0.6) is 0 Å². The molecular formula is C21H21ClFNO6S. The summed E-state index contributed by atoms with van der Waals surface area (Å²) in [5.41, 5.74) is 0.362. The van der Waals surface area contributed by atoms with E-state index < -0.39 is 34.0 Å². The first-order valence-corrected chi connectivity index (χ1v) is 10.9. The number of hydrogen-bond donors (Lipinski definition) is 0. The van der Waals surface area contributed by atoms with Crippen molar-refractivity contribution in [2.24, 2.45) is 0 Å². The Morgan fingerprint density at radius 2 is 1.77 bits per heavy atom. The van der Waals surface area contributed by atoms with Gasteiger partial charge in [-0.3, -0.25) is 19.2 Å². The molecule has 1 aliphatic heterocycles. The number of ether oxygens (including phenoxy) is 2. The Balaban J connectivity index is 1.91. The number of rotatable bonds is 7. The fourth-order valence-electron chi connectivity index (χ4n) is 3.60. The predicted molar refractivity (Wildman–Crippen MR) is 114 cm³/mol. The lowest BCUT2D eigenvalue weighted by atomic mass is 9.93. The molecule has 1 heterocycles. The fourth-order valence-corrected chi connectivity index (χ4v) is 4.85. The molecule has 0 N–H and O–H groups in total. The Hall–Kier alpha value is -2.23. The van der Waals surface area contributed by atoms with Crippen LogP contribution in [0.1, 0.15) is 42.5 Å². The van der Waals surface area contributed by atoms with Gasteiger partial charge < -0.3 is 9.47 Å². The highest BCUT2D eigenvalue weighted by molar-refractivity contribution is 8.15. The number of thioether (sulfide) groups is 1. The summed E-state index contributed by atoms with van der Waals surface area (Å²) in [4.78, 5) is 51.2. The lowest BCUT2D eigenvalue weighted by Gasteiger charge is -2.18. The van der Waals surface area contributed by atoms with Crippen LogP contribution in [-0.4, -0.2) is 49.0 Å². The number of imide groups is 1. The number of carbonyl (C=O) groups is 4. The van der Waals surface area contributed by atoms with Crippen molar-refractivity contribution in [3.05, 3.63) is 39.7 Å². The lowest BCUT2D eigenvalue weighted by molar-refractivity contribution is -0.140. The third-order valence-electron chi connectivity index (χ3n) is 5.19. The van der Waals surface area contributed by atoms with Crippen LogP contribution in [0.3, 0.4) is 0 Å². The minimum atomic E-state index is -0.892. The number of esters is 1. The number of methoxy groups -OCH3 is 2. The van der Waals surface area contributed by atoms with Gasteiger partial charge in [-0.05, 0) is 44.2 Å². The minimum Gasteiger partial charge on any atom is -0.468 e. The van der Waals surface area contributed by atoms with Gasteiger partial charge in [0.1, 0.15) is 11.1 Å². The van der Waals surface area contributed by atoms with E-state index in [1.54, 1.807) is 0 Å². The highest BCUT2D eigenvalue weighted by Crippen LogP contribution is 2.38. The number of anilines is 1. The zero-order chi connectivity index (χ0) is 22.7. The van der Waals surface area contributed by atoms with Gasteiger partial charge in [0.15, 0.2) is 0 Å². The first-order valence-electron chi connectivity index (χ1n) is 9.67. The molecule has 0 saturated carbocycles. The first kappa shape index (κ1) is 23.4. The Morgan fingerprint density at radius 1 is 1.16 bits per heavy atom. The maximum absolute atomic E-state index is 14.7. The number of halogens is 2. The van der Waals surface area contributed by atoms with Crippen LogP contribution in [-0.2, 0) is 23.9 Å². The molecule has 0 aromatic heterocycles. The summed E-state index contributed by atoms with van der Waals surface area (Å²) in [7, 11) is 2.66. The molecule has 2 amide bonds. The summed E-state index contributed by atoms with van der Waals surface area (Å²) >= 11 is 6.75. The van der Waals surface area contributed by atoms with Crippen LogP contribution >= 0.6 is 23.4 Å². The van der Waals surface area contributed by atoms with Crippen molar-refractivity contribution >= 4 is 51.9 Å². The second-order valence-electron chi connectivity index (χ2n) is 7.09. The van der Waals surface area contributed by atoms with E-state index in [1.165, 1.54) is 14.2 Å². The number of amides is 2. The molecule has 31 heavy (non-hydrogen) atoms. The van der Waals surface area contributed by atoms with Crippen LogP contribution in [0, 0.1) is 5.82 Å². The molecule has 0 fully saturated rings. The minimum absolute atomic E-state index is 0.111. The molecule has 1 aromatic rings. The van der Waals surface area contributed by atoms with Crippen molar-refractivity contribution in [3.8, 4) is 0 Å². The smallest absolute Gasteiger partial charge is 0.319 e. The largest absolute Gasteiger partial charge is 0.468 e. The van der Waals surface area contributed by atoms with Gasteiger partial charge >= 0.3 is 5.97 Å². The molecule has 0 bridgehead atoms. The van der Waals surface area contributed by atoms with Gasteiger partial charge in [-0.25, -0.2) is 9.29 Å². The van der Waals surface area contributed by atoms with Gasteiger partial charge in [0.2, 0.25) is 5.12 Å². The van der Waals surface area contributed by atoms with Gasteiger partial charge in [-0.2, -0.15) is 0 Å². The van der Waals surface area contributed by atoms with Crippen LogP contribution < -0.4 is 4.90 Å². The monoisotopic (exact) mass is 469 g/mol. The van der Waals surface area contributed by atoms with E-state index in [4.69, 9.17) is 21.1 Å². The third kappa shape index (κ3) is 4.68. The Kier molecular flexibility index (Phi) is 7.51. The molecule has 166 valence electrons. The molecule has 1 unspecified atom stereocenters. The van der Waals surface area contributed by atoms with E-state index >= 15 is 0 Å². The zero-order valence-electron chi connectivity index (χ0n) is 17.0. The van der Waals surface area contributed by atoms with Crippen molar-refractivity contribution in [1.82, 2.24) is 0 Å². The summed E-state index contributed by atoms with van der Waals surface area (Å²) in [5.74, 6) is -2.65. The third-order valence-corrected chi connectivity index (χ3v) is 6.64. The molecule has 1 atom stereocenters. The number of benzene rings is 1. The summed E-state index contributed by atoms with van der Waals surface area (Å²) in [6, 6.07) is 1.98.